The zero-order valence-corrected chi connectivity index (χ0v) is 12.9. The average molecular weight is 334 g/mol. The van der Waals surface area contributed by atoms with E-state index in [9.17, 15) is 13.2 Å². The molecule has 0 radical (unpaired) electrons. The van der Waals surface area contributed by atoms with Gasteiger partial charge in [-0.25, -0.2) is 18.1 Å². The van der Waals surface area contributed by atoms with E-state index in [1.807, 2.05) is 12.3 Å². The summed E-state index contributed by atoms with van der Waals surface area (Å²) in [5.74, 6) is 0. The number of H-pyrrole nitrogens is 1. The first-order valence-electron chi connectivity index (χ1n) is 5.67. The maximum absolute atomic E-state index is 12.0. The van der Waals surface area contributed by atoms with Gasteiger partial charge in [0.25, 0.3) is 5.56 Å². The number of hydrogen-bond acceptors (Lipinski definition) is 5. The lowest BCUT2D eigenvalue weighted by Gasteiger charge is -2.05. The summed E-state index contributed by atoms with van der Waals surface area (Å²) in [7, 11) is -3.69. The van der Waals surface area contributed by atoms with E-state index in [0.717, 1.165) is 23.0 Å². The Balaban J connectivity index is 2.03. The molecule has 2 aromatic heterocycles. The number of sulfonamides is 1. The van der Waals surface area contributed by atoms with Gasteiger partial charge in [-0.2, -0.15) is 0 Å². The van der Waals surface area contributed by atoms with E-state index in [1.165, 1.54) is 11.3 Å². The zero-order valence-electron chi connectivity index (χ0n) is 10.5. The van der Waals surface area contributed by atoms with Gasteiger partial charge < -0.3 is 4.98 Å². The zero-order chi connectivity index (χ0) is 14.8. The maximum atomic E-state index is 12.0. The Bertz CT molecular complexity index is 767. The number of nitrogens with one attached hydrogen (secondary N) is 2. The Morgan fingerprint density at radius 1 is 1.50 bits per heavy atom. The van der Waals surface area contributed by atoms with Gasteiger partial charge in [-0.3, -0.25) is 4.79 Å². The predicted molar refractivity (Wildman–Crippen MR) is 77.8 cm³/mol. The Morgan fingerprint density at radius 2 is 2.25 bits per heavy atom. The van der Waals surface area contributed by atoms with Crippen molar-refractivity contribution in [2.45, 2.75) is 18.2 Å². The summed E-state index contributed by atoms with van der Waals surface area (Å²) in [6.45, 7) is 2.11. The number of nitrogens with zero attached hydrogens (tertiary/aromatic N) is 1. The molecular formula is C11H12ClN3O3S2. The van der Waals surface area contributed by atoms with E-state index in [4.69, 9.17) is 11.6 Å². The Hall–Kier alpha value is -1.22. The van der Waals surface area contributed by atoms with E-state index in [0.29, 0.717) is 6.42 Å². The quantitative estimate of drug-likeness (QED) is 0.863. The molecule has 20 heavy (non-hydrogen) atoms. The van der Waals surface area contributed by atoms with Crippen LogP contribution in [0.25, 0.3) is 0 Å². The third-order valence-electron chi connectivity index (χ3n) is 2.48. The lowest BCUT2D eigenvalue weighted by Crippen LogP contribution is -2.26. The highest BCUT2D eigenvalue weighted by molar-refractivity contribution is 7.89. The van der Waals surface area contributed by atoms with Gasteiger partial charge in [0.1, 0.15) is 5.02 Å². The summed E-state index contributed by atoms with van der Waals surface area (Å²) in [6, 6.07) is 1.12. The van der Waals surface area contributed by atoms with Crippen molar-refractivity contribution in [3.8, 4) is 0 Å². The molecule has 0 bridgehead atoms. The Morgan fingerprint density at radius 3 is 2.85 bits per heavy atom. The number of aromatic nitrogens is 2. The van der Waals surface area contributed by atoms with E-state index in [-0.39, 0.29) is 16.5 Å². The molecule has 0 unspecified atom stereocenters. The summed E-state index contributed by atoms with van der Waals surface area (Å²) in [5.41, 5.74) is 0.318. The second-order valence-corrected chi connectivity index (χ2v) is 7.25. The second-order valence-electron chi connectivity index (χ2n) is 4.02. The molecule has 0 saturated heterocycles. The summed E-state index contributed by atoms with van der Waals surface area (Å²) < 4.78 is 26.4. The number of hydrogen-bond donors (Lipinski definition) is 2. The molecule has 0 atom stereocenters. The first kappa shape index (κ1) is 15.2. The van der Waals surface area contributed by atoms with Crippen LogP contribution in [-0.4, -0.2) is 24.9 Å². The topological polar surface area (TPSA) is 91.9 Å². The molecule has 0 aromatic carbocycles. The van der Waals surface area contributed by atoms with Gasteiger partial charge in [-0.05, 0) is 13.0 Å². The SMILES string of the molecule is Cc1nc(CCNS(=O)(=O)c2c[nH]c(=O)c(Cl)c2)cs1. The minimum absolute atomic E-state index is 0.0726. The van der Waals surface area contributed by atoms with Gasteiger partial charge in [0.2, 0.25) is 10.0 Å². The van der Waals surface area contributed by atoms with Gasteiger partial charge in [-0.1, -0.05) is 11.6 Å². The van der Waals surface area contributed by atoms with Crippen LogP contribution in [0.2, 0.25) is 5.02 Å². The van der Waals surface area contributed by atoms with Crippen molar-refractivity contribution in [2.24, 2.45) is 0 Å². The number of aryl methyl sites for hydroxylation is 1. The molecule has 0 fully saturated rings. The lowest BCUT2D eigenvalue weighted by atomic mass is 10.3. The fraction of sp³-hybridized carbons (Fsp3) is 0.273. The Labute approximate surface area is 124 Å². The van der Waals surface area contributed by atoms with Crippen LogP contribution in [0.4, 0.5) is 0 Å². The van der Waals surface area contributed by atoms with E-state index < -0.39 is 15.6 Å². The van der Waals surface area contributed by atoms with Crippen LogP contribution in [0, 0.1) is 6.92 Å². The summed E-state index contributed by atoms with van der Waals surface area (Å²) in [5, 5.41) is 2.67. The predicted octanol–water partition coefficient (Wildman–Crippen LogP) is 1.31. The number of rotatable bonds is 5. The molecule has 0 aliphatic heterocycles. The van der Waals surface area contributed by atoms with Crippen LogP contribution in [0.5, 0.6) is 0 Å². The first-order valence-corrected chi connectivity index (χ1v) is 8.41. The van der Waals surface area contributed by atoms with Gasteiger partial charge in [0.05, 0.1) is 15.6 Å². The Kier molecular flexibility index (Phi) is 4.59. The molecule has 108 valence electrons. The molecule has 2 heterocycles. The fourth-order valence-corrected chi connectivity index (χ4v) is 3.42. The van der Waals surface area contributed by atoms with Gasteiger partial charge in [0, 0.05) is 24.5 Å². The molecule has 0 saturated carbocycles. The number of halogens is 1. The van der Waals surface area contributed by atoms with E-state index >= 15 is 0 Å². The lowest BCUT2D eigenvalue weighted by molar-refractivity contribution is 0.581. The molecule has 9 heteroatoms. The van der Waals surface area contributed by atoms with Crippen LogP contribution in [0.15, 0.2) is 27.3 Å². The molecule has 2 N–H and O–H groups in total. The molecular weight excluding hydrogens is 322 g/mol. The van der Waals surface area contributed by atoms with Crippen LogP contribution < -0.4 is 10.3 Å². The molecule has 2 aromatic rings. The first-order chi connectivity index (χ1) is 9.38. The number of aromatic amines is 1. The third kappa shape index (κ3) is 3.66. The van der Waals surface area contributed by atoms with Crippen molar-refractivity contribution < 1.29 is 8.42 Å². The van der Waals surface area contributed by atoms with Crippen molar-refractivity contribution in [2.75, 3.05) is 6.54 Å². The summed E-state index contributed by atoms with van der Waals surface area (Å²) >= 11 is 7.12. The van der Waals surface area contributed by atoms with Crippen molar-refractivity contribution in [1.82, 2.24) is 14.7 Å². The van der Waals surface area contributed by atoms with Gasteiger partial charge in [0.15, 0.2) is 0 Å². The number of thiazole rings is 1. The van der Waals surface area contributed by atoms with Crippen molar-refractivity contribution >= 4 is 33.0 Å². The van der Waals surface area contributed by atoms with E-state index in [2.05, 4.69) is 14.7 Å². The normalized spacial score (nSPS) is 11.7. The van der Waals surface area contributed by atoms with Crippen molar-refractivity contribution in [3.05, 3.63) is 43.7 Å². The highest BCUT2D eigenvalue weighted by atomic mass is 35.5. The molecule has 0 amide bonds. The monoisotopic (exact) mass is 333 g/mol. The minimum atomic E-state index is -3.69. The standard InChI is InChI=1S/C11H12ClN3O3S2/c1-7-15-8(6-19-7)2-3-14-20(17,18)9-4-10(12)11(16)13-5-9/h4-6,14H,2-3H2,1H3,(H,13,16). The molecule has 0 aliphatic rings. The average Bonchev–Trinajstić information content (AvgIpc) is 2.78. The second kappa shape index (κ2) is 6.04. The smallest absolute Gasteiger partial charge is 0.266 e. The number of pyridine rings is 1. The summed E-state index contributed by atoms with van der Waals surface area (Å²) in [4.78, 5) is 17.5. The largest absolute Gasteiger partial charge is 0.326 e. The van der Waals surface area contributed by atoms with Gasteiger partial charge in [-0.15, -0.1) is 11.3 Å². The van der Waals surface area contributed by atoms with Crippen molar-refractivity contribution in [3.63, 3.8) is 0 Å². The minimum Gasteiger partial charge on any atom is -0.326 e. The molecule has 6 nitrogen and oxygen atoms in total. The van der Waals surface area contributed by atoms with E-state index in [1.54, 1.807) is 0 Å². The fourth-order valence-electron chi connectivity index (χ4n) is 1.51. The van der Waals surface area contributed by atoms with Crippen LogP contribution >= 0.6 is 22.9 Å². The van der Waals surface area contributed by atoms with Crippen LogP contribution in [0.3, 0.4) is 0 Å². The van der Waals surface area contributed by atoms with Crippen molar-refractivity contribution in [1.29, 1.82) is 0 Å². The highest BCUT2D eigenvalue weighted by Crippen LogP contribution is 2.11. The summed E-state index contributed by atoms with van der Waals surface area (Å²) in [6.07, 6.45) is 1.62. The third-order valence-corrected chi connectivity index (χ3v) is 5.03. The molecule has 2 rings (SSSR count). The maximum Gasteiger partial charge on any atom is 0.266 e. The molecule has 0 aliphatic carbocycles. The van der Waals surface area contributed by atoms with Gasteiger partial charge >= 0.3 is 0 Å². The van der Waals surface area contributed by atoms with Crippen LogP contribution in [0.1, 0.15) is 10.7 Å². The van der Waals surface area contributed by atoms with Crippen LogP contribution in [-0.2, 0) is 16.4 Å². The highest BCUT2D eigenvalue weighted by Gasteiger charge is 2.15. The molecule has 0 spiro atoms.